The van der Waals surface area contributed by atoms with Gasteiger partial charge >= 0.3 is 8.41 Å². The maximum Gasteiger partial charge on any atom is 0.308 e. The van der Waals surface area contributed by atoms with Crippen LogP contribution in [0.25, 0.3) is 0 Å². The van der Waals surface area contributed by atoms with Crippen molar-refractivity contribution in [2.45, 2.75) is 19.4 Å². The molecule has 2 rings (SSSR count). The van der Waals surface area contributed by atoms with E-state index in [-0.39, 0.29) is 0 Å². The molecular weight excluding hydrogens is 227 g/mol. The van der Waals surface area contributed by atoms with E-state index in [1.54, 1.807) is 0 Å². The molecule has 0 aliphatic rings. The summed E-state index contributed by atoms with van der Waals surface area (Å²) in [6, 6.07) is 19.9. The summed E-state index contributed by atoms with van der Waals surface area (Å²) >= 11 is 0. The molecule has 0 saturated heterocycles. The van der Waals surface area contributed by atoms with Gasteiger partial charge < -0.3 is 4.11 Å². The van der Waals surface area contributed by atoms with Gasteiger partial charge in [-0.2, -0.15) is 0 Å². The fraction of sp³-hybridized carbons (Fsp3) is 0.200. The van der Waals surface area contributed by atoms with Crippen LogP contribution in [0.2, 0.25) is 6.04 Å². The van der Waals surface area contributed by atoms with E-state index in [0.29, 0.717) is 6.04 Å². The number of halogens is 1. The van der Waals surface area contributed by atoms with E-state index in [9.17, 15) is 0 Å². The van der Waals surface area contributed by atoms with E-state index in [4.69, 9.17) is 0 Å². The first-order valence-electron chi connectivity index (χ1n) is 6.07. The molecule has 0 aromatic heterocycles. The average molecular weight is 244 g/mol. The van der Waals surface area contributed by atoms with E-state index in [1.165, 1.54) is 0 Å². The second-order valence-corrected chi connectivity index (χ2v) is 7.54. The zero-order valence-electron chi connectivity index (χ0n) is 10.1. The Kier molecular flexibility index (Phi) is 3.74. The molecule has 0 amide bonds. The highest BCUT2D eigenvalue weighted by Gasteiger charge is 2.37. The van der Waals surface area contributed by atoms with Crippen LogP contribution in [-0.4, -0.2) is 8.41 Å². The molecule has 0 unspecified atom stereocenters. The molecular formula is C15H17FSi. The molecule has 0 saturated carbocycles. The van der Waals surface area contributed by atoms with Crippen LogP contribution in [0, 0.1) is 0 Å². The molecule has 0 heterocycles. The Morgan fingerprint density at radius 1 is 0.824 bits per heavy atom. The van der Waals surface area contributed by atoms with Crippen molar-refractivity contribution in [3.63, 3.8) is 0 Å². The number of hydrogen-bond acceptors (Lipinski definition) is 0. The molecule has 17 heavy (non-hydrogen) atoms. The number of hydrogen-bond donors (Lipinski definition) is 0. The number of rotatable bonds is 4. The predicted octanol–water partition coefficient (Wildman–Crippen LogP) is 3.13. The van der Waals surface area contributed by atoms with Crippen molar-refractivity contribution in [3.05, 3.63) is 60.7 Å². The van der Waals surface area contributed by atoms with Gasteiger partial charge in [-0.25, -0.2) is 0 Å². The van der Waals surface area contributed by atoms with E-state index in [1.807, 2.05) is 67.6 Å². The summed E-state index contributed by atoms with van der Waals surface area (Å²) in [5.74, 6) is 0. The van der Waals surface area contributed by atoms with Crippen LogP contribution >= 0.6 is 0 Å². The SMILES string of the molecule is CCC[Si](F)(c1ccccc1)c1ccccc1. The lowest BCUT2D eigenvalue weighted by atomic mass is 10.4. The summed E-state index contributed by atoms with van der Waals surface area (Å²) in [7, 11) is -3.00. The normalized spacial score (nSPS) is 11.4. The maximum atomic E-state index is 15.4. The van der Waals surface area contributed by atoms with Gasteiger partial charge in [0.25, 0.3) is 0 Å². The molecule has 0 bridgehead atoms. The summed E-state index contributed by atoms with van der Waals surface area (Å²) in [5.41, 5.74) is 0. The third-order valence-corrected chi connectivity index (χ3v) is 6.74. The van der Waals surface area contributed by atoms with Crippen molar-refractivity contribution in [2.75, 3.05) is 0 Å². The van der Waals surface area contributed by atoms with Crippen molar-refractivity contribution >= 4 is 18.8 Å². The van der Waals surface area contributed by atoms with Crippen LogP contribution in [0.1, 0.15) is 13.3 Å². The van der Waals surface area contributed by atoms with Gasteiger partial charge in [0.1, 0.15) is 0 Å². The van der Waals surface area contributed by atoms with Gasteiger partial charge in [0.2, 0.25) is 0 Å². The fourth-order valence-electron chi connectivity index (χ4n) is 2.20. The Labute approximate surface area is 103 Å². The highest BCUT2D eigenvalue weighted by molar-refractivity contribution is 6.97. The predicted molar refractivity (Wildman–Crippen MR) is 74.1 cm³/mol. The van der Waals surface area contributed by atoms with E-state index < -0.39 is 8.41 Å². The lowest BCUT2D eigenvalue weighted by molar-refractivity contribution is 0.797. The molecule has 0 aliphatic carbocycles. The molecule has 0 radical (unpaired) electrons. The second-order valence-electron chi connectivity index (χ2n) is 4.28. The highest BCUT2D eigenvalue weighted by atomic mass is 28.4. The third kappa shape index (κ3) is 2.47. The van der Waals surface area contributed by atoms with Gasteiger partial charge in [-0.1, -0.05) is 74.0 Å². The average Bonchev–Trinajstić information content (AvgIpc) is 2.41. The Morgan fingerprint density at radius 2 is 1.24 bits per heavy atom. The van der Waals surface area contributed by atoms with Gasteiger partial charge in [0.15, 0.2) is 0 Å². The molecule has 0 fully saturated rings. The number of benzene rings is 2. The van der Waals surface area contributed by atoms with E-state index in [2.05, 4.69) is 0 Å². The Morgan fingerprint density at radius 3 is 1.59 bits per heavy atom. The highest BCUT2D eigenvalue weighted by Crippen LogP contribution is 2.14. The van der Waals surface area contributed by atoms with Gasteiger partial charge in [-0.3, -0.25) is 0 Å². The minimum atomic E-state index is -3.00. The first kappa shape index (κ1) is 12.1. The first-order chi connectivity index (χ1) is 8.27. The van der Waals surface area contributed by atoms with Gasteiger partial charge in [-0.15, -0.1) is 0 Å². The summed E-state index contributed by atoms with van der Waals surface area (Å²) in [6.07, 6.45) is 0.881. The third-order valence-electron chi connectivity index (χ3n) is 3.06. The van der Waals surface area contributed by atoms with Crippen LogP contribution in [0.5, 0.6) is 0 Å². The lowest BCUT2D eigenvalue weighted by Gasteiger charge is -2.22. The maximum absolute atomic E-state index is 15.4. The van der Waals surface area contributed by atoms with Crippen molar-refractivity contribution in [1.82, 2.24) is 0 Å². The minimum Gasteiger partial charge on any atom is -0.302 e. The minimum absolute atomic E-state index is 0.654. The van der Waals surface area contributed by atoms with Crippen LogP contribution in [0.3, 0.4) is 0 Å². The van der Waals surface area contributed by atoms with Crippen molar-refractivity contribution in [3.8, 4) is 0 Å². The standard InChI is InChI=1S/C15H17FSi/c1-2-13-17(16,14-9-5-3-6-10-14)15-11-7-4-8-12-15/h3-12H,2,13H2,1H3. The Balaban J connectivity index is 2.47. The molecule has 88 valence electrons. The smallest absolute Gasteiger partial charge is 0.302 e. The second kappa shape index (κ2) is 5.28. The van der Waals surface area contributed by atoms with Gasteiger partial charge in [0.05, 0.1) is 0 Å². The monoisotopic (exact) mass is 244 g/mol. The molecule has 2 aromatic rings. The van der Waals surface area contributed by atoms with Gasteiger partial charge in [-0.05, 0) is 16.4 Å². The molecule has 2 aromatic carbocycles. The summed E-state index contributed by atoms with van der Waals surface area (Å²) in [6.45, 7) is 2.05. The Bertz CT molecular complexity index is 413. The van der Waals surface area contributed by atoms with Crippen LogP contribution in [0.4, 0.5) is 4.11 Å². The fourth-order valence-corrected chi connectivity index (χ4v) is 5.25. The van der Waals surface area contributed by atoms with E-state index in [0.717, 1.165) is 16.8 Å². The summed E-state index contributed by atoms with van der Waals surface area (Å²) < 4.78 is 15.4. The van der Waals surface area contributed by atoms with Crippen molar-refractivity contribution in [2.24, 2.45) is 0 Å². The molecule has 2 heteroatoms. The largest absolute Gasteiger partial charge is 0.308 e. The van der Waals surface area contributed by atoms with E-state index >= 15 is 4.11 Å². The molecule has 0 atom stereocenters. The quantitative estimate of drug-likeness (QED) is 0.572. The molecule has 0 spiro atoms. The molecule has 0 aliphatic heterocycles. The first-order valence-corrected chi connectivity index (χ1v) is 8.16. The zero-order chi connectivity index (χ0) is 12.1. The summed E-state index contributed by atoms with van der Waals surface area (Å²) in [4.78, 5) is 0. The van der Waals surface area contributed by atoms with Gasteiger partial charge in [0, 0.05) is 0 Å². The Hall–Kier alpha value is -1.41. The van der Waals surface area contributed by atoms with Crippen LogP contribution in [-0.2, 0) is 0 Å². The molecule has 0 nitrogen and oxygen atoms in total. The molecule has 0 N–H and O–H groups in total. The topological polar surface area (TPSA) is 0 Å². The van der Waals surface area contributed by atoms with Crippen molar-refractivity contribution < 1.29 is 4.11 Å². The van der Waals surface area contributed by atoms with Crippen molar-refractivity contribution in [1.29, 1.82) is 0 Å². The van der Waals surface area contributed by atoms with Crippen LogP contribution in [0.15, 0.2) is 60.7 Å². The lowest BCUT2D eigenvalue weighted by Crippen LogP contribution is -2.54. The van der Waals surface area contributed by atoms with Crippen LogP contribution < -0.4 is 10.4 Å². The zero-order valence-corrected chi connectivity index (χ0v) is 11.1. The summed E-state index contributed by atoms with van der Waals surface area (Å²) in [5, 5.41) is 1.76.